The lowest BCUT2D eigenvalue weighted by atomic mass is 10.1. The Morgan fingerprint density at radius 2 is 1.57 bits per heavy atom. The van der Waals surface area contributed by atoms with Gasteiger partial charge in [-0.05, 0) is 86.2 Å². The van der Waals surface area contributed by atoms with E-state index in [9.17, 15) is 0 Å². The Morgan fingerprint density at radius 3 is 2.18 bits per heavy atom. The lowest BCUT2D eigenvalue weighted by Gasteiger charge is -2.05. The Kier molecular flexibility index (Phi) is 11.0. The lowest BCUT2D eigenvalue weighted by molar-refractivity contribution is 0.609. The first-order valence-electron chi connectivity index (χ1n) is 14.8. The fraction of sp³-hybridized carbons (Fsp3) is 0.158. The predicted octanol–water partition coefficient (Wildman–Crippen LogP) is 12.3. The zero-order valence-electron chi connectivity index (χ0n) is 25.3. The summed E-state index contributed by atoms with van der Waals surface area (Å²) in [5.74, 6) is 1.18. The maximum Gasteiger partial charge on any atom is 0.227 e. The normalized spacial score (nSPS) is 13.2. The summed E-state index contributed by atoms with van der Waals surface area (Å²) >= 11 is 3.45. The Labute approximate surface area is 268 Å². The van der Waals surface area contributed by atoms with Crippen LogP contribution < -0.4 is 0 Å². The Morgan fingerprint density at radius 1 is 0.886 bits per heavy atom. The molecule has 0 spiro atoms. The topological polar surface area (TPSA) is 52.1 Å². The molecular weight excluding hydrogens is 581 g/mol. The van der Waals surface area contributed by atoms with Gasteiger partial charge < -0.3 is 8.83 Å². The smallest absolute Gasteiger partial charge is 0.227 e. The van der Waals surface area contributed by atoms with Crippen LogP contribution in [0.3, 0.4) is 0 Å². The maximum atomic E-state index is 6.19. The van der Waals surface area contributed by atoms with Crippen LogP contribution in [0, 0.1) is 0 Å². The van der Waals surface area contributed by atoms with Crippen LogP contribution in [-0.2, 0) is 0 Å². The quantitative estimate of drug-likeness (QED) is 0.121. The summed E-state index contributed by atoms with van der Waals surface area (Å²) in [5, 5.41) is 2.11. The average Bonchev–Trinajstić information content (AvgIpc) is 3.58. The van der Waals surface area contributed by atoms with E-state index in [1.165, 1.54) is 10.5 Å². The SMILES string of the molecule is C=C/C=C\C.CC/C=C/Sc1cccc(-c2nc3cc4nc(-c5cccc(SC6=CC=CCC(CC)=C6)c5)oc4cc3o2)c1. The van der Waals surface area contributed by atoms with Gasteiger partial charge in [0.05, 0.1) is 0 Å². The number of rotatable bonds is 9. The summed E-state index contributed by atoms with van der Waals surface area (Å²) in [6, 6.07) is 20.4. The first-order chi connectivity index (χ1) is 21.6. The monoisotopic (exact) mass is 616 g/mol. The molecule has 6 rings (SSSR count). The van der Waals surface area contributed by atoms with Gasteiger partial charge in [0.2, 0.25) is 11.8 Å². The molecule has 1 aliphatic rings. The third-order valence-corrected chi connectivity index (χ3v) is 8.57. The van der Waals surface area contributed by atoms with E-state index in [1.807, 2.05) is 55.5 Å². The van der Waals surface area contributed by atoms with Gasteiger partial charge in [0.1, 0.15) is 11.0 Å². The molecule has 6 heteroatoms. The van der Waals surface area contributed by atoms with Crippen LogP contribution >= 0.6 is 23.5 Å². The molecule has 2 aromatic heterocycles. The van der Waals surface area contributed by atoms with Crippen molar-refractivity contribution in [2.24, 2.45) is 0 Å². The summed E-state index contributed by atoms with van der Waals surface area (Å²) in [5.41, 5.74) is 6.21. The van der Waals surface area contributed by atoms with Crippen LogP contribution in [0.5, 0.6) is 0 Å². The number of oxazole rings is 2. The number of thioether (sulfide) groups is 2. The summed E-state index contributed by atoms with van der Waals surface area (Å²) in [7, 11) is 0. The molecule has 0 N–H and O–H groups in total. The number of fused-ring (bicyclic) bond motifs is 2. The lowest BCUT2D eigenvalue weighted by Crippen LogP contribution is -1.81. The van der Waals surface area contributed by atoms with Crippen molar-refractivity contribution in [3.05, 3.63) is 132 Å². The van der Waals surface area contributed by atoms with Gasteiger partial charge >= 0.3 is 0 Å². The molecule has 0 unspecified atom stereocenters. The zero-order valence-corrected chi connectivity index (χ0v) is 27.0. The molecule has 2 heterocycles. The fourth-order valence-electron chi connectivity index (χ4n) is 4.49. The van der Waals surface area contributed by atoms with Crippen LogP contribution in [0.2, 0.25) is 0 Å². The van der Waals surface area contributed by atoms with Crippen molar-refractivity contribution in [1.29, 1.82) is 0 Å². The number of aromatic nitrogens is 2. The van der Waals surface area contributed by atoms with Crippen molar-refractivity contribution in [3.8, 4) is 22.9 Å². The van der Waals surface area contributed by atoms with E-state index in [-0.39, 0.29) is 0 Å². The van der Waals surface area contributed by atoms with Gasteiger partial charge in [-0.2, -0.15) is 0 Å². The second-order valence-electron chi connectivity index (χ2n) is 10.0. The molecule has 0 fully saturated rings. The number of hydrogen-bond donors (Lipinski definition) is 0. The molecular formula is C38H36N2O2S2. The van der Waals surface area contributed by atoms with Crippen LogP contribution in [0.1, 0.15) is 40.0 Å². The predicted molar refractivity (Wildman–Crippen MR) is 189 cm³/mol. The average molecular weight is 617 g/mol. The van der Waals surface area contributed by atoms with Crippen molar-refractivity contribution in [2.45, 2.75) is 49.8 Å². The number of benzene rings is 3. The number of allylic oxidation sites excluding steroid dienone is 9. The van der Waals surface area contributed by atoms with E-state index < -0.39 is 0 Å². The molecule has 5 aromatic rings. The summed E-state index contributed by atoms with van der Waals surface area (Å²) in [4.78, 5) is 13.1. The van der Waals surface area contributed by atoms with Gasteiger partial charge in [-0.15, -0.1) is 0 Å². The largest absolute Gasteiger partial charge is 0.436 e. The van der Waals surface area contributed by atoms with Crippen LogP contribution in [0.25, 0.3) is 45.1 Å². The van der Waals surface area contributed by atoms with Gasteiger partial charge in [-0.25, -0.2) is 9.97 Å². The first kappa shape index (κ1) is 31.2. The summed E-state index contributed by atoms with van der Waals surface area (Å²) < 4.78 is 12.3. The summed E-state index contributed by atoms with van der Waals surface area (Å²) in [6.07, 6.45) is 19.7. The fourth-order valence-corrected chi connectivity index (χ4v) is 6.26. The standard InChI is InChI=1S/C33H28N2O2S2.C5H8/c1-3-5-16-38-25-14-8-11-23(18-25)32-34-28-20-29-31(21-30(28)36-32)37-33(35-29)24-12-9-15-27(19-24)39-26-13-7-6-10-22(4-2)17-26;1-3-5-4-2/h5-9,11-21H,3-4,10H2,1-2H3;3-5H,1H2,2H3/b16-5+;5-4-. The van der Waals surface area contributed by atoms with Crippen LogP contribution in [0.15, 0.2) is 150 Å². The third kappa shape index (κ3) is 8.01. The molecule has 0 bridgehead atoms. The van der Waals surface area contributed by atoms with Crippen LogP contribution in [-0.4, -0.2) is 9.97 Å². The molecule has 0 atom stereocenters. The molecule has 0 saturated carbocycles. The molecule has 3 aromatic carbocycles. The minimum Gasteiger partial charge on any atom is -0.436 e. The third-order valence-electron chi connectivity index (χ3n) is 6.74. The van der Waals surface area contributed by atoms with Gasteiger partial charge in [0.15, 0.2) is 11.2 Å². The molecule has 44 heavy (non-hydrogen) atoms. The number of hydrogen-bond acceptors (Lipinski definition) is 6. The van der Waals surface area contributed by atoms with Crippen LogP contribution in [0.4, 0.5) is 0 Å². The molecule has 0 amide bonds. The Bertz CT molecular complexity index is 1850. The van der Waals surface area contributed by atoms with Crippen molar-refractivity contribution >= 4 is 45.7 Å². The van der Waals surface area contributed by atoms with E-state index >= 15 is 0 Å². The van der Waals surface area contributed by atoms with E-state index in [1.54, 1.807) is 29.6 Å². The maximum absolute atomic E-state index is 6.19. The molecule has 0 aliphatic heterocycles. The Balaban J connectivity index is 0.000000712. The molecule has 0 radical (unpaired) electrons. The first-order valence-corrected chi connectivity index (χ1v) is 16.5. The van der Waals surface area contributed by atoms with E-state index in [0.717, 1.165) is 51.2 Å². The highest BCUT2D eigenvalue weighted by molar-refractivity contribution is 8.03. The zero-order chi connectivity index (χ0) is 30.7. The van der Waals surface area contributed by atoms with Crippen molar-refractivity contribution in [1.82, 2.24) is 9.97 Å². The van der Waals surface area contributed by atoms with Crippen molar-refractivity contribution in [3.63, 3.8) is 0 Å². The second kappa shape index (κ2) is 15.5. The van der Waals surface area contributed by atoms with Gasteiger partial charge in [0, 0.05) is 31.9 Å². The van der Waals surface area contributed by atoms with E-state index in [0.29, 0.717) is 22.9 Å². The van der Waals surface area contributed by atoms with Crippen molar-refractivity contribution < 1.29 is 8.83 Å². The number of nitrogens with zero attached hydrogens (tertiary/aromatic N) is 2. The van der Waals surface area contributed by atoms with E-state index in [4.69, 9.17) is 18.8 Å². The highest BCUT2D eigenvalue weighted by Crippen LogP contribution is 2.35. The molecule has 4 nitrogen and oxygen atoms in total. The molecule has 0 saturated heterocycles. The van der Waals surface area contributed by atoms with Gasteiger partial charge in [-0.3, -0.25) is 0 Å². The molecule has 1 aliphatic carbocycles. The Hall–Kier alpha value is -4.26. The van der Waals surface area contributed by atoms with Gasteiger partial charge in [-0.1, -0.05) is 98.1 Å². The highest BCUT2D eigenvalue weighted by Gasteiger charge is 2.15. The second-order valence-corrected chi connectivity index (χ2v) is 12.1. The minimum absolute atomic E-state index is 0.588. The molecule has 222 valence electrons. The highest BCUT2D eigenvalue weighted by atomic mass is 32.2. The van der Waals surface area contributed by atoms with E-state index in [2.05, 4.69) is 80.5 Å². The minimum atomic E-state index is 0.588. The van der Waals surface area contributed by atoms with Crippen molar-refractivity contribution in [2.75, 3.05) is 0 Å². The summed E-state index contributed by atoms with van der Waals surface area (Å²) in [6.45, 7) is 9.76. The van der Waals surface area contributed by atoms with Gasteiger partial charge in [0.25, 0.3) is 0 Å².